The summed E-state index contributed by atoms with van der Waals surface area (Å²) in [5.41, 5.74) is 4.07. The normalized spacial score (nSPS) is 20.5. The summed E-state index contributed by atoms with van der Waals surface area (Å²) in [4.78, 5) is 0. The Labute approximate surface area is 110 Å². The van der Waals surface area contributed by atoms with E-state index in [0.29, 0.717) is 12.1 Å². The van der Waals surface area contributed by atoms with E-state index in [4.69, 9.17) is 4.74 Å². The topological polar surface area (TPSA) is 21.3 Å². The molecule has 0 saturated carbocycles. The maximum atomic E-state index is 5.57. The van der Waals surface area contributed by atoms with Crippen LogP contribution in [0.25, 0.3) is 0 Å². The zero-order chi connectivity index (χ0) is 13.0. The largest absolute Gasteiger partial charge is 0.497 e. The molecule has 98 valence electrons. The van der Waals surface area contributed by atoms with Gasteiger partial charge in [-0.05, 0) is 50.8 Å². The standard InChI is InChI=1S/C16H23NO/c1-12-7-8-16(13(2)10-12)14(3)17-11-15-6-4-5-9-18-15/h5,7-10,14-15,17H,4,6,11H2,1-3H3. The Morgan fingerprint density at radius 3 is 2.89 bits per heavy atom. The van der Waals surface area contributed by atoms with E-state index >= 15 is 0 Å². The minimum atomic E-state index is 0.322. The molecule has 2 rings (SSSR count). The molecule has 0 aliphatic carbocycles. The van der Waals surface area contributed by atoms with Crippen molar-refractivity contribution < 1.29 is 4.74 Å². The SMILES string of the molecule is Cc1ccc(C(C)NCC2CCC=CO2)c(C)c1. The van der Waals surface area contributed by atoms with Gasteiger partial charge in [0.2, 0.25) is 0 Å². The van der Waals surface area contributed by atoms with Crippen molar-refractivity contribution in [2.24, 2.45) is 0 Å². The van der Waals surface area contributed by atoms with Gasteiger partial charge in [-0.2, -0.15) is 0 Å². The van der Waals surface area contributed by atoms with Gasteiger partial charge in [0.25, 0.3) is 0 Å². The molecule has 0 spiro atoms. The predicted octanol–water partition coefficient (Wildman–Crippen LogP) is 3.65. The van der Waals surface area contributed by atoms with Crippen LogP contribution >= 0.6 is 0 Å². The fourth-order valence-electron chi connectivity index (χ4n) is 2.46. The van der Waals surface area contributed by atoms with Gasteiger partial charge in [0.05, 0.1) is 6.26 Å². The maximum absolute atomic E-state index is 5.57. The molecule has 0 bridgehead atoms. The van der Waals surface area contributed by atoms with Crippen molar-refractivity contribution in [3.63, 3.8) is 0 Å². The van der Waals surface area contributed by atoms with Crippen LogP contribution in [0.2, 0.25) is 0 Å². The van der Waals surface area contributed by atoms with Crippen LogP contribution in [0.4, 0.5) is 0 Å². The van der Waals surface area contributed by atoms with Crippen LogP contribution in [0.1, 0.15) is 42.5 Å². The Morgan fingerprint density at radius 1 is 1.39 bits per heavy atom. The molecule has 1 N–H and O–H groups in total. The van der Waals surface area contributed by atoms with Gasteiger partial charge in [-0.15, -0.1) is 0 Å². The highest BCUT2D eigenvalue weighted by Gasteiger charge is 2.13. The molecule has 1 aromatic rings. The Kier molecular flexibility index (Phi) is 4.43. The third-order valence-electron chi connectivity index (χ3n) is 3.57. The number of rotatable bonds is 4. The second kappa shape index (κ2) is 6.05. The number of ether oxygens (including phenoxy) is 1. The van der Waals surface area contributed by atoms with Crippen molar-refractivity contribution >= 4 is 0 Å². The lowest BCUT2D eigenvalue weighted by atomic mass is 10.00. The minimum absolute atomic E-state index is 0.322. The van der Waals surface area contributed by atoms with E-state index in [1.54, 1.807) is 0 Å². The predicted molar refractivity (Wildman–Crippen MR) is 75.6 cm³/mol. The third kappa shape index (κ3) is 3.36. The number of aryl methyl sites for hydroxylation is 2. The van der Waals surface area contributed by atoms with Crippen LogP contribution < -0.4 is 5.32 Å². The Hall–Kier alpha value is -1.28. The molecule has 0 fully saturated rings. The Morgan fingerprint density at radius 2 is 2.22 bits per heavy atom. The van der Waals surface area contributed by atoms with Gasteiger partial charge in [0.1, 0.15) is 6.10 Å². The van der Waals surface area contributed by atoms with Crippen molar-refractivity contribution in [2.75, 3.05) is 6.54 Å². The average molecular weight is 245 g/mol. The average Bonchev–Trinajstić information content (AvgIpc) is 2.37. The lowest BCUT2D eigenvalue weighted by Gasteiger charge is -2.23. The van der Waals surface area contributed by atoms with Gasteiger partial charge in [-0.25, -0.2) is 0 Å². The first-order valence-corrected chi connectivity index (χ1v) is 6.78. The molecule has 1 heterocycles. The van der Waals surface area contributed by atoms with E-state index < -0.39 is 0 Å². The zero-order valence-electron chi connectivity index (χ0n) is 11.6. The van der Waals surface area contributed by atoms with Gasteiger partial charge in [0.15, 0.2) is 0 Å². The summed E-state index contributed by atoms with van der Waals surface area (Å²) in [6.07, 6.45) is 6.48. The van der Waals surface area contributed by atoms with Gasteiger partial charge in [-0.3, -0.25) is 0 Å². The highest BCUT2D eigenvalue weighted by Crippen LogP contribution is 2.19. The summed E-state index contributed by atoms with van der Waals surface area (Å²) in [6.45, 7) is 7.45. The Bertz CT molecular complexity index is 425. The highest BCUT2D eigenvalue weighted by atomic mass is 16.5. The molecule has 0 saturated heterocycles. The number of hydrogen-bond donors (Lipinski definition) is 1. The molecule has 2 unspecified atom stereocenters. The van der Waals surface area contributed by atoms with E-state index in [-0.39, 0.29) is 0 Å². The lowest BCUT2D eigenvalue weighted by Crippen LogP contribution is -2.31. The quantitative estimate of drug-likeness (QED) is 0.874. The summed E-state index contributed by atoms with van der Waals surface area (Å²) < 4.78 is 5.57. The molecule has 1 aliphatic rings. The first-order valence-electron chi connectivity index (χ1n) is 6.78. The molecule has 0 radical (unpaired) electrons. The van der Waals surface area contributed by atoms with Crippen molar-refractivity contribution in [1.29, 1.82) is 0 Å². The summed E-state index contributed by atoms with van der Waals surface area (Å²) >= 11 is 0. The van der Waals surface area contributed by atoms with Crippen molar-refractivity contribution in [2.45, 2.75) is 45.8 Å². The van der Waals surface area contributed by atoms with Gasteiger partial charge in [0, 0.05) is 12.6 Å². The third-order valence-corrected chi connectivity index (χ3v) is 3.57. The fourth-order valence-corrected chi connectivity index (χ4v) is 2.46. The highest BCUT2D eigenvalue weighted by molar-refractivity contribution is 5.32. The molecule has 2 heteroatoms. The first-order chi connectivity index (χ1) is 8.66. The van der Waals surface area contributed by atoms with Gasteiger partial charge in [-0.1, -0.05) is 23.8 Å². The Balaban J connectivity index is 1.90. The molecule has 1 aromatic carbocycles. The van der Waals surface area contributed by atoms with E-state index in [2.05, 4.69) is 50.4 Å². The molecule has 2 nitrogen and oxygen atoms in total. The van der Waals surface area contributed by atoms with E-state index in [1.165, 1.54) is 16.7 Å². The molecule has 2 atom stereocenters. The first kappa shape index (κ1) is 13.2. The molecule has 18 heavy (non-hydrogen) atoms. The summed E-state index contributed by atoms with van der Waals surface area (Å²) in [6, 6.07) is 7.03. The van der Waals surface area contributed by atoms with Crippen molar-refractivity contribution in [1.82, 2.24) is 5.32 Å². The fraction of sp³-hybridized carbons (Fsp3) is 0.500. The second-order valence-electron chi connectivity index (χ2n) is 5.20. The molecule has 1 aliphatic heterocycles. The molecule has 0 aromatic heterocycles. The van der Waals surface area contributed by atoms with Crippen molar-refractivity contribution in [3.05, 3.63) is 47.2 Å². The lowest BCUT2D eigenvalue weighted by molar-refractivity contribution is 0.120. The number of hydrogen-bond acceptors (Lipinski definition) is 2. The van der Waals surface area contributed by atoms with Crippen molar-refractivity contribution in [3.8, 4) is 0 Å². The molecule has 0 amide bonds. The van der Waals surface area contributed by atoms with Crippen LogP contribution in [0, 0.1) is 13.8 Å². The van der Waals surface area contributed by atoms with Gasteiger partial charge < -0.3 is 10.1 Å². The zero-order valence-corrected chi connectivity index (χ0v) is 11.6. The summed E-state index contributed by atoms with van der Waals surface area (Å²) in [5, 5.41) is 3.57. The van der Waals surface area contributed by atoms with E-state index in [9.17, 15) is 0 Å². The van der Waals surface area contributed by atoms with Crippen LogP contribution in [0.3, 0.4) is 0 Å². The smallest absolute Gasteiger partial charge is 0.110 e. The monoisotopic (exact) mass is 245 g/mol. The van der Waals surface area contributed by atoms with Crippen LogP contribution in [-0.4, -0.2) is 12.6 Å². The van der Waals surface area contributed by atoms with Gasteiger partial charge >= 0.3 is 0 Å². The molecular formula is C16H23NO. The summed E-state index contributed by atoms with van der Waals surface area (Å²) in [7, 11) is 0. The van der Waals surface area contributed by atoms with E-state index in [1.807, 2.05) is 6.26 Å². The maximum Gasteiger partial charge on any atom is 0.110 e. The number of allylic oxidation sites excluding steroid dienone is 1. The summed E-state index contributed by atoms with van der Waals surface area (Å²) in [5.74, 6) is 0. The van der Waals surface area contributed by atoms with Crippen LogP contribution in [0.15, 0.2) is 30.5 Å². The van der Waals surface area contributed by atoms with E-state index in [0.717, 1.165) is 19.4 Å². The molecular weight excluding hydrogens is 222 g/mol. The number of benzene rings is 1. The minimum Gasteiger partial charge on any atom is -0.497 e. The van der Waals surface area contributed by atoms with Crippen LogP contribution in [-0.2, 0) is 4.74 Å². The second-order valence-corrected chi connectivity index (χ2v) is 5.20. The number of nitrogens with one attached hydrogen (secondary N) is 1. The van der Waals surface area contributed by atoms with Crippen LogP contribution in [0.5, 0.6) is 0 Å².